The van der Waals surface area contributed by atoms with E-state index in [0.29, 0.717) is 6.54 Å². The summed E-state index contributed by atoms with van der Waals surface area (Å²) < 4.78 is 37.7. The molecule has 0 spiro atoms. The van der Waals surface area contributed by atoms with E-state index in [2.05, 4.69) is 0 Å². The van der Waals surface area contributed by atoms with Crippen LogP contribution in [0, 0.1) is 0 Å². The minimum atomic E-state index is -4.41. The second-order valence-corrected chi connectivity index (χ2v) is 4.57. The number of likely N-dealkylation sites (tertiary alicyclic amines) is 1. The Labute approximate surface area is 103 Å². The second kappa shape index (κ2) is 4.63. The zero-order valence-electron chi connectivity index (χ0n) is 10.00. The highest BCUT2D eigenvalue weighted by Crippen LogP contribution is 2.30. The fourth-order valence-corrected chi connectivity index (χ4v) is 2.23. The maximum Gasteiger partial charge on any atom is 0.416 e. The van der Waals surface area contributed by atoms with Crippen molar-refractivity contribution in [2.45, 2.75) is 32.0 Å². The molecule has 1 aliphatic heterocycles. The highest BCUT2D eigenvalue weighted by molar-refractivity contribution is 5.94. The van der Waals surface area contributed by atoms with Gasteiger partial charge in [0, 0.05) is 18.2 Å². The number of amides is 1. The summed E-state index contributed by atoms with van der Waals surface area (Å²) in [6, 6.07) is 4.71. The highest BCUT2D eigenvalue weighted by atomic mass is 19.4. The van der Waals surface area contributed by atoms with Crippen LogP contribution in [0.2, 0.25) is 0 Å². The molecule has 1 heterocycles. The van der Waals surface area contributed by atoms with Gasteiger partial charge in [0.25, 0.3) is 5.91 Å². The molecule has 5 heteroatoms. The minimum absolute atomic E-state index is 0.104. The van der Waals surface area contributed by atoms with Crippen molar-refractivity contribution in [1.82, 2.24) is 4.90 Å². The average molecular weight is 257 g/mol. The Kier molecular flexibility index (Phi) is 3.32. The molecule has 1 aromatic rings. The number of carbonyl (C=O) groups excluding carboxylic acids is 1. The molecule has 0 aliphatic carbocycles. The SMILES string of the molecule is CC1CCCN1C(=O)c1cccc(C(F)(F)F)c1. The normalized spacial score (nSPS) is 20.2. The van der Waals surface area contributed by atoms with E-state index < -0.39 is 11.7 Å². The first kappa shape index (κ1) is 12.9. The van der Waals surface area contributed by atoms with Gasteiger partial charge in [0.15, 0.2) is 0 Å². The third-order valence-electron chi connectivity index (χ3n) is 3.25. The van der Waals surface area contributed by atoms with Crippen LogP contribution in [0.3, 0.4) is 0 Å². The highest BCUT2D eigenvalue weighted by Gasteiger charge is 2.32. The maximum atomic E-state index is 12.6. The second-order valence-electron chi connectivity index (χ2n) is 4.57. The van der Waals surface area contributed by atoms with E-state index in [4.69, 9.17) is 0 Å². The van der Waals surface area contributed by atoms with Crippen molar-refractivity contribution in [3.05, 3.63) is 35.4 Å². The molecular weight excluding hydrogens is 243 g/mol. The number of carbonyl (C=O) groups is 1. The Bertz CT molecular complexity index is 456. The number of rotatable bonds is 1. The van der Waals surface area contributed by atoms with E-state index in [1.54, 1.807) is 4.90 Å². The zero-order chi connectivity index (χ0) is 13.3. The summed E-state index contributed by atoms with van der Waals surface area (Å²) in [7, 11) is 0. The molecule has 1 saturated heterocycles. The lowest BCUT2D eigenvalue weighted by Crippen LogP contribution is -2.33. The number of alkyl halides is 3. The van der Waals surface area contributed by atoms with Gasteiger partial charge < -0.3 is 4.90 Å². The summed E-state index contributed by atoms with van der Waals surface area (Å²) in [5.41, 5.74) is -0.668. The molecular formula is C13H14F3NO. The number of benzene rings is 1. The van der Waals surface area contributed by atoms with E-state index in [1.807, 2.05) is 6.92 Å². The van der Waals surface area contributed by atoms with Crippen molar-refractivity contribution < 1.29 is 18.0 Å². The van der Waals surface area contributed by atoms with Crippen molar-refractivity contribution in [3.63, 3.8) is 0 Å². The summed E-state index contributed by atoms with van der Waals surface area (Å²) in [5, 5.41) is 0. The fourth-order valence-electron chi connectivity index (χ4n) is 2.23. The summed E-state index contributed by atoms with van der Waals surface area (Å²) in [4.78, 5) is 13.7. The average Bonchev–Trinajstić information content (AvgIpc) is 2.73. The molecule has 1 amide bonds. The first-order chi connectivity index (χ1) is 8.39. The molecule has 1 aliphatic rings. The summed E-state index contributed by atoms with van der Waals surface area (Å²) in [6.45, 7) is 2.54. The van der Waals surface area contributed by atoms with Crippen LogP contribution in [0.4, 0.5) is 13.2 Å². The standard InChI is InChI=1S/C13H14F3NO/c1-9-4-3-7-17(9)12(18)10-5-2-6-11(8-10)13(14,15)16/h2,5-6,8-9H,3-4,7H2,1H3. The smallest absolute Gasteiger partial charge is 0.336 e. The van der Waals surface area contributed by atoms with E-state index >= 15 is 0 Å². The molecule has 0 saturated carbocycles. The maximum absolute atomic E-state index is 12.6. The minimum Gasteiger partial charge on any atom is -0.336 e. The van der Waals surface area contributed by atoms with Gasteiger partial charge in [-0.25, -0.2) is 0 Å². The van der Waals surface area contributed by atoms with E-state index in [1.165, 1.54) is 12.1 Å². The van der Waals surface area contributed by atoms with Crippen LogP contribution in [0.25, 0.3) is 0 Å². The first-order valence-corrected chi connectivity index (χ1v) is 5.88. The number of hydrogen-bond acceptors (Lipinski definition) is 1. The van der Waals surface area contributed by atoms with Crippen molar-refractivity contribution in [2.75, 3.05) is 6.54 Å². The van der Waals surface area contributed by atoms with Crippen molar-refractivity contribution >= 4 is 5.91 Å². The number of halogens is 3. The van der Waals surface area contributed by atoms with Crippen LogP contribution in [0.5, 0.6) is 0 Å². The Hall–Kier alpha value is -1.52. The third kappa shape index (κ3) is 2.49. The lowest BCUT2D eigenvalue weighted by molar-refractivity contribution is -0.137. The molecule has 2 rings (SSSR count). The van der Waals surface area contributed by atoms with Crippen molar-refractivity contribution in [2.24, 2.45) is 0 Å². The number of nitrogens with zero attached hydrogens (tertiary/aromatic N) is 1. The summed E-state index contributed by atoms with van der Waals surface area (Å²) in [5.74, 6) is -0.314. The Morgan fingerprint density at radius 2 is 2.11 bits per heavy atom. The zero-order valence-corrected chi connectivity index (χ0v) is 10.00. The molecule has 0 radical (unpaired) electrons. The van der Waals surface area contributed by atoms with E-state index in [9.17, 15) is 18.0 Å². The largest absolute Gasteiger partial charge is 0.416 e. The molecule has 0 bridgehead atoms. The van der Waals surface area contributed by atoms with Crippen LogP contribution in [0.15, 0.2) is 24.3 Å². The molecule has 1 aromatic carbocycles. The van der Waals surface area contributed by atoms with Gasteiger partial charge in [-0.15, -0.1) is 0 Å². The van der Waals surface area contributed by atoms with Gasteiger partial charge in [-0.1, -0.05) is 6.07 Å². The van der Waals surface area contributed by atoms with Gasteiger partial charge in [0.05, 0.1) is 5.56 Å². The molecule has 98 valence electrons. The van der Waals surface area contributed by atoms with Gasteiger partial charge in [-0.2, -0.15) is 13.2 Å². The van der Waals surface area contributed by atoms with Crippen LogP contribution in [-0.4, -0.2) is 23.4 Å². The predicted octanol–water partition coefficient (Wildman–Crippen LogP) is 3.33. The van der Waals surface area contributed by atoms with Crippen molar-refractivity contribution in [1.29, 1.82) is 0 Å². The number of hydrogen-bond donors (Lipinski definition) is 0. The van der Waals surface area contributed by atoms with Crippen LogP contribution >= 0.6 is 0 Å². The Morgan fingerprint density at radius 3 is 2.67 bits per heavy atom. The molecule has 1 atom stereocenters. The topological polar surface area (TPSA) is 20.3 Å². The van der Waals surface area contributed by atoms with Crippen molar-refractivity contribution in [3.8, 4) is 0 Å². The van der Waals surface area contributed by atoms with Gasteiger partial charge in [0.2, 0.25) is 0 Å². The lowest BCUT2D eigenvalue weighted by atomic mass is 10.1. The molecule has 0 aromatic heterocycles. The fraction of sp³-hybridized carbons (Fsp3) is 0.462. The lowest BCUT2D eigenvalue weighted by Gasteiger charge is -2.21. The third-order valence-corrected chi connectivity index (χ3v) is 3.25. The first-order valence-electron chi connectivity index (χ1n) is 5.88. The molecule has 18 heavy (non-hydrogen) atoms. The van der Waals surface area contributed by atoms with Crippen LogP contribution < -0.4 is 0 Å². The monoisotopic (exact) mass is 257 g/mol. The molecule has 1 fully saturated rings. The van der Waals surface area contributed by atoms with Gasteiger partial charge >= 0.3 is 6.18 Å². The molecule has 1 unspecified atom stereocenters. The van der Waals surface area contributed by atoms with E-state index in [0.717, 1.165) is 25.0 Å². The summed E-state index contributed by atoms with van der Waals surface area (Å²) in [6.07, 6.45) is -2.59. The quantitative estimate of drug-likeness (QED) is 0.755. The Morgan fingerprint density at radius 1 is 1.39 bits per heavy atom. The molecule has 0 N–H and O–H groups in total. The van der Waals surface area contributed by atoms with E-state index in [-0.39, 0.29) is 17.5 Å². The van der Waals surface area contributed by atoms with Crippen LogP contribution in [-0.2, 0) is 6.18 Å². The van der Waals surface area contributed by atoms with Gasteiger partial charge in [-0.3, -0.25) is 4.79 Å². The van der Waals surface area contributed by atoms with Gasteiger partial charge in [-0.05, 0) is 38.0 Å². The van der Waals surface area contributed by atoms with Crippen LogP contribution in [0.1, 0.15) is 35.7 Å². The predicted molar refractivity (Wildman–Crippen MR) is 61.2 cm³/mol. The van der Waals surface area contributed by atoms with Gasteiger partial charge in [0.1, 0.15) is 0 Å². The molecule has 2 nitrogen and oxygen atoms in total. The summed E-state index contributed by atoms with van der Waals surface area (Å²) >= 11 is 0. The Balaban J connectivity index is 2.26.